The maximum atomic E-state index is 11.0. The lowest BCUT2D eigenvalue weighted by atomic mass is 10.4. The van der Waals surface area contributed by atoms with Gasteiger partial charge in [-0.1, -0.05) is 13.3 Å². The summed E-state index contributed by atoms with van der Waals surface area (Å²) in [6.45, 7) is 1.74. The van der Waals surface area contributed by atoms with Crippen LogP contribution in [-0.4, -0.2) is 13.5 Å². The molecule has 0 aliphatic rings. The van der Waals surface area contributed by atoms with E-state index < -0.39 is 6.43 Å². The van der Waals surface area contributed by atoms with Gasteiger partial charge in [0.1, 0.15) is 0 Å². The summed E-state index contributed by atoms with van der Waals surface area (Å²) in [6, 6.07) is 0. The van der Waals surface area contributed by atoms with Gasteiger partial charge < -0.3 is 5.73 Å². The minimum absolute atomic E-state index is 0.0417. The normalized spacial score (nSPS) is 8.25. The van der Waals surface area contributed by atoms with Crippen LogP contribution in [0, 0.1) is 0 Å². The van der Waals surface area contributed by atoms with E-state index in [2.05, 4.69) is 5.73 Å². The van der Waals surface area contributed by atoms with Crippen molar-refractivity contribution in [1.29, 1.82) is 0 Å². The summed E-state index contributed by atoms with van der Waals surface area (Å²) in [6.07, 6.45) is -1.48. The lowest BCUT2D eigenvalue weighted by molar-refractivity contribution is 0.137. The first-order valence-corrected chi connectivity index (χ1v) is 2.63. The number of hydrogen-bond acceptors (Lipinski definition) is 1. The van der Waals surface area contributed by atoms with Crippen molar-refractivity contribution in [1.82, 2.24) is 0 Å². The fourth-order valence-electron chi connectivity index (χ4n) is 0.218. The lowest BCUT2D eigenvalue weighted by Crippen LogP contribution is -1.85. The zero-order valence-corrected chi connectivity index (χ0v) is 5.32. The first-order chi connectivity index (χ1) is 3.77. The third-order valence-corrected chi connectivity index (χ3v) is 0.507. The van der Waals surface area contributed by atoms with Gasteiger partial charge >= 0.3 is 0 Å². The fraction of sp³-hybridized carbons (Fsp3) is 1.00. The summed E-state index contributed by atoms with van der Waals surface area (Å²) in [7, 11) is 1.50. The van der Waals surface area contributed by atoms with Gasteiger partial charge in [0.25, 0.3) is 0 Å². The van der Waals surface area contributed by atoms with Crippen molar-refractivity contribution in [2.24, 2.45) is 5.73 Å². The van der Waals surface area contributed by atoms with E-state index in [1.165, 1.54) is 7.05 Å². The van der Waals surface area contributed by atoms with Gasteiger partial charge in [-0.3, -0.25) is 0 Å². The summed E-state index contributed by atoms with van der Waals surface area (Å²) < 4.78 is 22.1. The summed E-state index contributed by atoms with van der Waals surface area (Å²) >= 11 is 0. The molecule has 0 aliphatic heterocycles. The van der Waals surface area contributed by atoms with Gasteiger partial charge in [0, 0.05) is 6.42 Å². The molecule has 0 saturated heterocycles. The summed E-state index contributed by atoms with van der Waals surface area (Å²) in [5.41, 5.74) is 4.50. The van der Waals surface area contributed by atoms with Crippen LogP contribution >= 0.6 is 0 Å². The van der Waals surface area contributed by atoms with Crippen LogP contribution in [0.15, 0.2) is 0 Å². The van der Waals surface area contributed by atoms with Gasteiger partial charge in [0.2, 0.25) is 6.43 Å². The second kappa shape index (κ2) is 9.94. The molecule has 0 aromatic heterocycles. The highest BCUT2D eigenvalue weighted by Crippen LogP contribution is 1.99. The highest BCUT2D eigenvalue weighted by Gasteiger charge is 1.95. The first-order valence-electron chi connectivity index (χ1n) is 2.63. The molecule has 0 rings (SSSR count). The standard InChI is InChI=1S/C4H8F2.CH5N/c1-2-3-4(5)6;1-2/h4H,2-3H2,1H3;2H2,1H3. The fourth-order valence-corrected chi connectivity index (χ4v) is 0.218. The van der Waals surface area contributed by atoms with Gasteiger partial charge in [0.15, 0.2) is 0 Å². The molecule has 0 radical (unpaired) electrons. The predicted molar refractivity (Wildman–Crippen MR) is 31.0 cm³/mol. The number of hydrogen-bond donors (Lipinski definition) is 1. The van der Waals surface area contributed by atoms with E-state index in [-0.39, 0.29) is 6.42 Å². The quantitative estimate of drug-likeness (QED) is 0.596. The van der Waals surface area contributed by atoms with Crippen molar-refractivity contribution in [3.63, 3.8) is 0 Å². The van der Waals surface area contributed by atoms with Crippen molar-refractivity contribution < 1.29 is 8.78 Å². The molecule has 0 bridgehead atoms. The molecular weight excluding hydrogens is 112 g/mol. The molecule has 0 saturated carbocycles. The Morgan fingerprint density at radius 3 is 1.75 bits per heavy atom. The zero-order chi connectivity index (χ0) is 6.99. The highest BCUT2D eigenvalue weighted by atomic mass is 19.3. The molecule has 0 amide bonds. The number of rotatable bonds is 2. The van der Waals surface area contributed by atoms with Crippen LogP contribution in [0.25, 0.3) is 0 Å². The average molecular weight is 125 g/mol. The van der Waals surface area contributed by atoms with E-state index in [0.29, 0.717) is 6.42 Å². The molecule has 0 aromatic carbocycles. The largest absolute Gasteiger partial charge is 0.333 e. The van der Waals surface area contributed by atoms with E-state index in [9.17, 15) is 8.78 Å². The van der Waals surface area contributed by atoms with Crippen molar-refractivity contribution in [2.45, 2.75) is 26.2 Å². The summed E-state index contributed by atoms with van der Waals surface area (Å²) in [4.78, 5) is 0. The second-order valence-corrected chi connectivity index (χ2v) is 1.18. The van der Waals surface area contributed by atoms with Crippen LogP contribution in [-0.2, 0) is 0 Å². The molecule has 0 fully saturated rings. The topological polar surface area (TPSA) is 26.0 Å². The molecule has 0 spiro atoms. The minimum atomic E-state index is -2.10. The predicted octanol–water partition coefficient (Wildman–Crippen LogP) is 1.63. The Hall–Kier alpha value is -0.180. The van der Waals surface area contributed by atoms with Crippen LogP contribution in [0.1, 0.15) is 19.8 Å². The van der Waals surface area contributed by atoms with E-state index in [1.54, 1.807) is 6.92 Å². The molecular formula is C5H13F2N. The number of halogens is 2. The van der Waals surface area contributed by atoms with Crippen LogP contribution in [0.5, 0.6) is 0 Å². The second-order valence-electron chi connectivity index (χ2n) is 1.18. The third-order valence-electron chi connectivity index (χ3n) is 0.507. The first kappa shape index (κ1) is 10.7. The Balaban J connectivity index is 0. The molecule has 0 aliphatic carbocycles. The van der Waals surface area contributed by atoms with Crippen molar-refractivity contribution in [2.75, 3.05) is 7.05 Å². The molecule has 0 unspecified atom stereocenters. The van der Waals surface area contributed by atoms with Crippen molar-refractivity contribution >= 4 is 0 Å². The van der Waals surface area contributed by atoms with Crippen LogP contribution < -0.4 is 5.73 Å². The zero-order valence-electron chi connectivity index (χ0n) is 5.32. The van der Waals surface area contributed by atoms with E-state index in [0.717, 1.165) is 0 Å². The number of alkyl halides is 2. The van der Waals surface area contributed by atoms with Crippen molar-refractivity contribution in [3.8, 4) is 0 Å². The average Bonchev–Trinajstić information content (AvgIpc) is 1.72. The number of nitrogens with two attached hydrogens (primary N) is 1. The maximum absolute atomic E-state index is 11.0. The minimum Gasteiger partial charge on any atom is -0.333 e. The monoisotopic (exact) mass is 125 g/mol. The van der Waals surface area contributed by atoms with E-state index in [1.807, 2.05) is 0 Å². The maximum Gasteiger partial charge on any atom is 0.238 e. The summed E-state index contributed by atoms with van der Waals surface area (Å²) in [5.74, 6) is 0. The molecule has 0 atom stereocenters. The Labute approximate surface area is 48.9 Å². The van der Waals surface area contributed by atoms with Gasteiger partial charge in [-0.25, -0.2) is 8.78 Å². The molecule has 3 heteroatoms. The third kappa shape index (κ3) is 17.0. The van der Waals surface area contributed by atoms with Crippen LogP contribution in [0.4, 0.5) is 8.78 Å². The van der Waals surface area contributed by atoms with Gasteiger partial charge in [-0.05, 0) is 7.05 Å². The molecule has 8 heavy (non-hydrogen) atoms. The lowest BCUT2D eigenvalue weighted by Gasteiger charge is -1.87. The SMILES string of the molecule is CCCC(F)F.CN. The van der Waals surface area contributed by atoms with Crippen LogP contribution in [0.3, 0.4) is 0 Å². The smallest absolute Gasteiger partial charge is 0.238 e. The van der Waals surface area contributed by atoms with Gasteiger partial charge in [-0.15, -0.1) is 0 Å². The molecule has 1 nitrogen and oxygen atoms in total. The Bertz CT molecular complexity index is 31.6. The molecule has 0 aromatic rings. The van der Waals surface area contributed by atoms with E-state index in [4.69, 9.17) is 0 Å². The van der Waals surface area contributed by atoms with Gasteiger partial charge in [-0.2, -0.15) is 0 Å². The molecule has 2 N–H and O–H groups in total. The molecule has 0 heterocycles. The van der Waals surface area contributed by atoms with Crippen molar-refractivity contribution in [3.05, 3.63) is 0 Å². The summed E-state index contributed by atoms with van der Waals surface area (Å²) in [5, 5.41) is 0. The van der Waals surface area contributed by atoms with Gasteiger partial charge in [0.05, 0.1) is 0 Å². The Morgan fingerprint density at radius 1 is 1.38 bits per heavy atom. The Kier molecular flexibility index (Phi) is 13.3. The van der Waals surface area contributed by atoms with Crippen LogP contribution in [0.2, 0.25) is 0 Å². The highest BCUT2D eigenvalue weighted by molar-refractivity contribution is 4.32. The van der Waals surface area contributed by atoms with E-state index >= 15 is 0 Å². The Morgan fingerprint density at radius 2 is 1.75 bits per heavy atom. The molecule has 52 valence electrons.